The molecule has 1 saturated heterocycles. The molecule has 2 aromatic rings. The van der Waals surface area contributed by atoms with E-state index in [1.807, 2.05) is 18.2 Å². The first-order valence-electron chi connectivity index (χ1n) is 11.3. The molecule has 180 valence electrons. The highest BCUT2D eigenvalue weighted by Crippen LogP contribution is 2.36. The van der Waals surface area contributed by atoms with E-state index in [-0.39, 0.29) is 34.6 Å². The maximum absolute atomic E-state index is 13.3. The molecule has 0 radical (unpaired) electrons. The fraction of sp³-hybridized carbons (Fsp3) is 0.500. The molecule has 2 aliphatic rings. The van der Waals surface area contributed by atoms with Gasteiger partial charge in [0.2, 0.25) is 10.0 Å². The predicted octanol–water partition coefficient (Wildman–Crippen LogP) is 5.01. The van der Waals surface area contributed by atoms with Crippen molar-refractivity contribution in [2.24, 2.45) is 5.92 Å². The zero-order valence-corrected chi connectivity index (χ0v) is 20.0. The van der Waals surface area contributed by atoms with E-state index in [9.17, 15) is 17.2 Å². The van der Waals surface area contributed by atoms with E-state index in [0.717, 1.165) is 25.2 Å². The number of benzene rings is 2. The lowest BCUT2D eigenvalue weighted by Crippen LogP contribution is -2.41. The standard InChI is InChI=1S/C24H29ClF2N2O3S/c25-23-20(16-29-9-1-2-10-29)7-4-8-22(23)32-21-11-17(12-21)15-28-33(30,31)24-18(13-26)5-3-6-19(24)14-27/h3-8,17,21,28H,1-2,9-16H2. The van der Waals surface area contributed by atoms with Gasteiger partial charge in [-0.25, -0.2) is 21.9 Å². The number of likely N-dealkylation sites (tertiary alicyclic amines) is 1. The third kappa shape index (κ3) is 5.67. The summed E-state index contributed by atoms with van der Waals surface area (Å²) in [5.74, 6) is 0.740. The van der Waals surface area contributed by atoms with Gasteiger partial charge in [0.15, 0.2) is 0 Å². The number of halogens is 3. The van der Waals surface area contributed by atoms with Crippen molar-refractivity contribution in [3.63, 3.8) is 0 Å². The molecular weight excluding hydrogens is 470 g/mol. The molecule has 2 fully saturated rings. The van der Waals surface area contributed by atoms with Crippen LogP contribution in [0.5, 0.6) is 5.75 Å². The zero-order chi connectivity index (χ0) is 23.4. The van der Waals surface area contributed by atoms with E-state index in [2.05, 4.69) is 9.62 Å². The average molecular weight is 499 g/mol. The summed E-state index contributed by atoms with van der Waals surface area (Å²) in [6.45, 7) is 1.24. The van der Waals surface area contributed by atoms with Crippen molar-refractivity contribution in [2.45, 2.75) is 56.6 Å². The first-order valence-corrected chi connectivity index (χ1v) is 13.2. The summed E-state index contributed by atoms with van der Waals surface area (Å²) in [6.07, 6.45) is 3.75. The summed E-state index contributed by atoms with van der Waals surface area (Å²) in [4.78, 5) is 2.09. The Morgan fingerprint density at radius 1 is 1.00 bits per heavy atom. The van der Waals surface area contributed by atoms with E-state index in [1.165, 1.54) is 31.0 Å². The Hall–Kier alpha value is -1.74. The van der Waals surface area contributed by atoms with Crippen LogP contribution in [-0.4, -0.2) is 39.1 Å². The summed E-state index contributed by atoms with van der Waals surface area (Å²) in [7, 11) is -4.01. The summed E-state index contributed by atoms with van der Waals surface area (Å²) in [5.41, 5.74) is 0.988. The summed E-state index contributed by atoms with van der Waals surface area (Å²) in [6, 6.07) is 10.0. The highest BCUT2D eigenvalue weighted by molar-refractivity contribution is 7.89. The van der Waals surface area contributed by atoms with Crippen molar-refractivity contribution in [1.29, 1.82) is 0 Å². The molecule has 0 atom stereocenters. The van der Waals surface area contributed by atoms with Crippen LogP contribution in [-0.2, 0) is 29.9 Å². The number of alkyl halides is 2. The van der Waals surface area contributed by atoms with Crippen LogP contribution >= 0.6 is 11.6 Å². The van der Waals surface area contributed by atoms with Gasteiger partial charge in [0.05, 0.1) is 16.0 Å². The van der Waals surface area contributed by atoms with Gasteiger partial charge in [-0.15, -0.1) is 0 Å². The van der Waals surface area contributed by atoms with Gasteiger partial charge in [-0.2, -0.15) is 0 Å². The second-order valence-electron chi connectivity index (χ2n) is 8.81. The van der Waals surface area contributed by atoms with Crippen molar-refractivity contribution in [3.05, 3.63) is 58.1 Å². The molecule has 5 nitrogen and oxygen atoms in total. The van der Waals surface area contributed by atoms with E-state index >= 15 is 0 Å². The largest absolute Gasteiger partial charge is 0.489 e. The molecule has 0 amide bonds. The molecule has 33 heavy (non-hydrogen) atoms. The van der Waals surface area contributed by atoms with Gasteiger partial charge in [-0.05, 0) is 56.3 Å². The quantitative estimate of drug-likeness (QED) is 0.500. The van der Waals surface area contributed by atoms with Gasteiger partial charge >= 0.3 is 0 Å². The molecule has 0 aromatic heterocycles. The Kier molecular flexibility index (Phi) is 7.89. The molecular formula is C24H29ClF2N2O3S. The minimum absolute atomic E-state index is 0.0316. The van der Waals surface area contributed by atoms with Gasteiger partial charge in [-0.1, -0.05) is 41.9 Å². The van der Waals surface area contributed by atoms with Crippen LogP contribution in [0.15, 0.2) is 41.3 Å². The molecule has 2 aromatic carbocycles. The molecule has 1 heterocycles. The molecule has 9 heteroatoms. The summed E-state index contributed by atoms with van der Waals surface area (Å²) >= 11 is 6.59. The van der Waals surface area contributed by atoms with Crippen molar-refractivity contribution in [2.75, 3.05) is 19.6 Å². The van der Waals surface area contributed by atoms with Crippen molar-refractivity contribution < 1.29 is 21.9 Å². The van der Waals surface area contributed by atoms with Crippen LogP contribution in [0.2, 0.25) is 5.02 Å². The van der Waals surface area contributed by atoms with Crippen LogP contribution in [0, 0.1) is 5.92 Å². The SMILES string of the molecule is O=S(=O)(NCC1CC(Oc2cccc(CN3CCCC3)c2Cl)C1)c1c(CF)cccc1CF. The number of nitrogens with one attached hydrogen (secondary N) is 1. The van der Waals surface area contributed by atoms with Gasteiger partial charge in [0.25, 0.3) is 0 Å². The Morgan fingerprint density at radius 2 is 1.61 bits per heavy atom. The molecule has 1 N–H and O–H groups in total. The fourth-order valence-electron chi connectivity index (χ4n) is 4.56. The lowest BCUT2D eigenvalue weighted by Gasteiger charge is -2.35. The number of rotatable bonds is 10. The van der Waals surface area contributed by atoms with Crippen LogP contribution < -0.4 is 9.46 Å². The van der Waals surface area contributed by atoms with Crippen LogP contribution in [0.4, 0.5) is 8.78 Å². The Bertz CT molecular complexity index is 1050. The van der Waals surface area contributed by atoms with Crippen LogP contribution in [0.1, 0.15) is 42.4 Å². The number of sulfonamides is 1. The number of hydrogen-bond acceptors (Lipinski definition) is 4. The van der Waals surface area contributed by atoms with Crippen molar-refractivity contribution in [1.82, 2.24) is 9.62 Å². The third-order valence-electron chi connectivity index (χ3n) is 6.42. The van der Waals surface area contributed by atoms with E-state index in [4.69, 9.17) is 16.3 Å². The minimum Gasteiger partial charge on any atom is -0.489 e. The van der Waals surface area contributed by atoms with E-state index in [0.29, 0.717) is 23.6 Å². The van der Waals surface area contributed by atoms with Gasteiger partial charge in [0, 0.05) is 24.2 Å². The second kappa shape index (κ2) is 10.7. The average Bonchev–Trinajstić information content (AvgIpc) is 3.30. The van der Waals surface area contributed by atoms with Crippen molar-refractivity contribution >= 4 is 21.6 Å². The lowest BCUT2D eigenvalue weighted by molar-refractivity contribution is 0.0673. The smallest absolute Gasteiger partial charge is 0.241 e. The minimum atomic E-state index is -4.01. The van der Waals surface area contributed by atoms with Gasteiger partial charge < -0.3 is 4.74 Å². The molecule has 1 aliphatic heterocycles. The molecule has 1 saturated carbocycles. The number of ether oxygens (including phenoxy) is 1. The molecule has 1 aliphatic carbocycles. The maximum Gasteiger partial charge on any atom is 0.241 e. The van der Waals surface area contributed by atoms with Crippen LogP contribution in [0.3, 0.4) is 0 Å². The topological polar surface area (TPSA) is 58.6 Å². The predicted molar refractivity (Wildman–Crippen MR) is 124 cm³/mol. The van der Waals surface area contributed by atoms with Crippen LogP contribution in [0.25, 0.3) is 0 Å². The highest BCUT2D eigenvalue weighted by atomic mass is 35.5. The van der Waals surface area contributed by atoms with E-state index < -0.39 is 23.4 Å². The van der Waals surface area contributed by atoms with Gasteiger partial charge in [0.1, 0.15) is 19.1 Å². The highest BCUT2D eigenvalue weighted by Gasteiger charge is 2.33. The zero-order valence-electron chi connectivity index (χ0n) is 18.4. The summed E-state index contributed by atoms with van der Waals surface area (Å²) in [5, 5.41) is 0.634. The molecule has 0 spiro atoms. The molecule has 0 unspecified atom stereocenters. The molecule has 0 bridgehead atoms. The second-order valence-corrected chi connectivity index (χ2v) is 10.9. The first-order chi connectivity index (χ1) is 15.9. The molecule has 4 rings (SSSR count). The van der Waals surface area contributed by atoms with Crippen molar-refractivity contribution in [3.8, 4) is 5.75 Å². The Labute approximate surface area is 199 Å². The maximum atomic E-state index is 13.3. The monoisotopic (exact) mass is 498 g/mol. The summed E-state index contributed by atoms with van der Waals surface area (Å²) < 4.78 is 60.7. The Morgan fingerprint density at radius 3 is 2.24 bits per heavy atom. The number of hydrogen-bond donors (Lipinski definition) is 1. The fourth-order valence-corrected chi connectivity index (χ4v) is 6.33. The third-order valence-corrected chi connectivity index (χ3v) is 8.46. The first kappa shape index (κ1) is 24.4. The van der Waals surface area contributed by atoms with E-state index in [1.54, 1.807) is 0 Å². The number of nitrogens with zero attached hydrogens (tertiary/aromatic N) is 1. The lowest BCUT2D eigenvalue weighted by atomic mass is 9.82. The van der Waals surface area contributed by atoms with Gasteiger partial charge in [-0.3, -0.25) is 4.90 Å². The Balaban J connectivity index is 1.31. The normalized spacial score (nSPS) is 21.2.